The summed E-state index contributed by atoms with van der Waals surface area (Å²) in [6, 6.07) is 1.13. The van der Waals surface area contributed by atoms with E-state index in [1.165, 1.54) is 7.05 Å². The number of aliphatic imine (C=N–C) groups is 1. The number of amides is 2. The van der Waals surface area contributed by atoms with Gasteiger partial charge in [-0.15, -0.1) is 0 Å². The number of aryl methyl sites for hydroxylation is 1. The predicted octanol–water partition coefficient (Wildman–Crippen LogP) is 1.59. The van der Waals surface area contributed by atoms with Crippen LogP contribution in [0, 0.1) is 11.6 Å². The monoisotopic (exact) mass is 256 g/mol. The van der Waals surface area contributed by atoms with Crippen LogP contribution in [0.3, 0.4) is 0 Å². The summed E-state index contributed by atoms with van der Waals surface area (Å²) >= 11 is 0. The molecule has 0 aliphatic carbocycles. The number of halogens is 2. The fourth-order valence-electron chi connectivity index (χ4n) is 1.36. The maximum absolute atomic E-state index is 13.5. The van der Waals surface area contributed by atoms with Gasteiger partial charge in [0.2, 0.25) is 0 Å². The molecule has 0 saturated heterocycles. The molecule has 2 amide bonds. The first-order chi connectivity index (χ1) is 8.47. The predicted molar refractivity (Wildman–Crippen MR) is 65.4 cm³/mol. The molecule has 1 rings (SSSR count). The van der Waals surface area contributed by atoms with Gasteiger partial charge < -0.3 is 11.1 Å². The Kier molecular flexibility index (Phi) is 4.59. The second-order valence-electron chi connectivity index (χ2n) is 3.46. The summed E-state index contributed by atoms with van der Waals surface area (Å²) in [7, 11) is 1.39. The van der Waals surface area contributed by atoms with Crippen molar-refractivity contribution in [3.8, 4) is 0 Å². The third-order valence-corrected chi connectivity index (χ3v) is 2.24. The Balaban J connectivity index is 2.93. The van der Waals surface area contributed by atoms with Gasteiger partial charge in [0.15, 0.2) is 5.96 Å². The van der Waals surface area contributed by atoms with Crippen LogP contribution >= 0.6 is 0 Å². The molecule has 5 nitrogen and oxygen atoms in total. The van der Waals surface area contributed by atoms with E-state index in [0.717, 1.165) is 6.07 Å². The fourth-order valence-corrected chi connectivity index (χ4v) is 1.36. The standard InChI is InChI=1S/C11H14F2N4O/c1-3-6-4-7(12)5-8(13)9(6)16-11(18)17-10(14)15-2/h4-5H,3H2,1-2H3,(H4,14,15,16,17,18). The Labute approximate surface area is 103 Å². The van der Waals surface area contributed by atoms with E-state index in [9.17, 15) is 13.6 Å². The van der Waals surface area contributed by atoms with Crippen molar-refractivity contribution in [2.75, 3.05) is 12.4 Å². The molecule has 18 heavy (non-hydrogen) atoms. The normalized spacial score (nSPS) is 11.2. The lowest BCUT2D eigenvalue weighted by molar-refractivity contribution is 0.256. The highest BCUT2D eigenvalue weighted by Crippen LogP contribution is 2.22. The lowest BCUT2D eigenvalue weighted by Crippen LogP contribution is -2.39. The minimum atomic E-state index is -0.839. The topological polar surface area (TPSA) is 79.5 Å². The highest BCUT2D eigenvalue weighted by Gasteiger charge is 2.13. The van der Waals surface area contributed by atoms with Crippen LogP contribution in [0.1, 0.15) is 12.5 Å². The summed E-state index contributed by atoms with van der Waals surface area (Å²) < 4.78 is 26.5. The number of anilines is 1. The Hall–Kier alpha value is -2.18. The van der Waals surface area contributed by atoms with Gasteiger partial charge in [0.1, 0.15) is 11.6 Å². The van der Waals surface area contributed by atoms with Crippen LogP contribution < -0.4 is 16.4 Å². The van der Waals surface area contributed by atoms with Crippen LogP contribution in [0.25, 0.3) is 0 Å². The zero-order valence-corrected chi connectivity index (χ0v) is 10.1. The molecule has 98 valence electrons. The Bertz CT molecular complexity index is 488. The summed E-state index contributed by atoms with van der Waals surface area (Å²) in [6.45, 7) is 1.72. The molecular weight excluding hydrogens is 242 g/mol. The quantitative estimate of drug-likeness (QED) is 0.555. The minimum absolute atomic E-state index is 0.0692. The number of carbonyl (C=O) groups is 1. The summed E-state index contributed by atoms with van der Waals surface area (Å²) in [5.41, 5.74) is 5.57. The second-order valence-corrected chi connectivity index (χ2v) is 3.46. The van der Waals surface area contributed by atoms with Gasteiger partial charge in [0.25, 0.3) is 0 Å². The summed E-state index contributed by atoms with van der Waals surface area (Å²) in [5.74, 6) is -1.63. The molecule has 1 aromatic rings. The zero-order valence-electron chi connectivity index (χ0n) is 10.1. The van der Waals surface area contributed by atoms with E-state index in [-0.39, 0.29) is 11.6 Å². The molecule has 0 atom stereocenters. The molecule has 0 radical (unpaired) electrons. The molecule has 7 heteroatoms. The van der Waals surface area contributed by atoms with E-state index in [4.69, 9.17) is 5.73 Å². The van der Waals surface area contributed by atoms with E-state index < -0.39 is 17.7 Å². The van der Waals surface area contributed by atoms with Crippen molar-refractivity contribution in [1.29, 1.82) is 0 Å². The number of nitrogens with one attached hydrogen (secondary N) is 2. The lowest BCUT2D eigenvalue weighted by Gasteiger charge is -2.11. The number of carbonyl (C=O) groups excluding carboxylic acids is 1. The van der Waals surface area contributed by atoms with E-state index in [1.54, 1.807) is 6.92 Å². The first kappa shape index (κ1) is 13.9. The van der Waals surface area contributed by atoms with Crippen molar-refractivity contribution in [3.05, 3.63) is 29.3 Å². The molecule has 0 aliphatic heterocycles. The fraction of sp³-hybridized carbons (Fsp3) is 0.273. The molecule has 1 aromatic carbocycles. The molecule has 4 N–H and O–H groups in total. The number of hydrogen-bond donors (Lipinski definition) is 3. The number of urea groups is 1. The molecule has 0 unspecified atom stereocenters. The van der Waals surface area contributed by atoms with Crippen molar-refractivity contribution in [1.82, 2.24) is 5.32 Å². The van der Waals surface area contributed by atoms with Crippen LogP contribution in [0.2, 0.25) is 0 Å². The molecule has 0 fully saturated rings. The summed E-state index contributed by atoms with van der Waals surface area (Å²) in [4.78, 5) is 15.0. The van der Waals surface area contributed by atoms with Gasteiger partial charge >= 0.3 is 6.03 Å². The SMILES string of the molecule is CCc1cc(F)cc(F)c1NC(=O)NC(N)=NC. The van der Waals surface area contributed by atoms with Crippen LogP contribution in [-0.2, 0) is 6.42 Å². The van der Waals surface area contributed by atoms with E-state index in [0.29, 0.717) is 18.1 Å². The van der Waals surface area contributed by atoms with E-state index >= 15 is 0 Å². The first-order valence-electron chi connectivity index (χ1n) is 5.26. The molecule has 0 spiro atoms. The zero-order chi connectivity index (χ0) is 13.7. The maximum Gasteiger partial charge on any atom is 0.326 e. The number of hydrogen-bond acceptors (Lipinski definition) is 2. The molecule has 0 aliphatic rings. The average Bonchev–Trinajstić information content (AvgIpc) is 2.31. The van der Waals surface area contributed by atoms with Crippen molar-refractivity contribution in [2.45, 2.75) is 13.3 Å². The maximum atomic E-state index is 13.5. The van der Waals surface area contributed by atoms with Crippen molar-refractivity contribution in [3.63, 3.8) is 0 Å². The van der Waals surface area contributed by atoms with Gasteiger partial charge in [0, 0.05) is 13.1 Å². The molecule has 0 bridgehead atoms. The molecular formula is C11H14F2N4O. The third-order valence-electron chi connectivity index (χ3n) is 2.24. The highest BCUT2D eigenvalue weighted by atomic mass is 19.1. The van der Waals surface area contributed by atoms with Gasteiger partial charge in [-0.25, -0.2) is 13.6 Å². The van der Waals surface area contributed by atoms with E-state index in [2.05, 4.69) is 15.6 Å². The Morgan fingerprint density at radius 2 is 2.11 bits per heavy atom. The van der Waals surface area contributed by atoms with Crippen molar-refractivity contribution < 1.29 is 13.6 Å². The van der Waals surface area contributed by atoms with Gasteiger partial charge in [-0.2, -0.15) is 0 Å². The van der Waals surface area contributed by atoms with Gasteiger partial charge in [-0.05, 0) is 18.1 Å². The smallest absolute Gasteiger partial charge is 0.326 e. The van der Waals surface area contributed by atoms with Crippen molar-refractivity contribution in [2.24, 2.45) is 10.7 Å². The average molecular weight is 256 g/mol. The number of benzene rings is 1. The Morgan fingerprint density at radius 3 is 2.67 bits per heavy atom. The molecule has 0 aromatic heterocycles. The van der Waals surface area contributed by atoms with Gasteiger partial charge in [0.05, 0.1) is 5.69 Å². The lowest BCUT2D eigenvalue weighted by atomic mass is 10.1. The van der Waals surface area contributed by atoms with Crippen LogP contribution in [-0.4, -0.2) is 19.0 Å². The number of guanidine groups is 1. The molecule has 0 heterocycles. The van der Waals surface area contributed by atoms with Crippen LogP contribution in [0.15, 0.2) is 17.1 Å². The molecule has 0 saturated carbocycles. The largest absolute Gasteiger partial charge is 0.370 e. The van der Waals surface area contributed by atoms with Gasteiger partial charge in [-0.1, -0.05) is 6.92 Å². The van der Waals surface area contributed by atoms with Crippen molar-refractivity contribution >= 4 is 17.7 Å². The second kappa shape index (κ2) is 5.95. The minimum Gasteiger partial charge on any atom is -0.370 e. The summed E-state index contributed by atoms with van der Waals surface area (Å²) in [6.07, 6.45) is 0.377. The number of rotatable bonds is 2. The summed E-state index contributed by atoms with van der Waals surface area (Å²) in [5, 5.41) is 4.46. The Morgan fingerprint density at radius 1 is 1.44 bits per heavy atom. The highest BCUT2D eigenvalue weighted by molar-refractivity contribution is 6.02. The number of nitrogens with two attached hydrogens (primary N) is 1. The van der Waals surface area contributed by atoms with Gasteiger partial charge in [-0.3, -0.25) is 10.3 Å². The number of nitrogens with zero attached hydrogens (tertiary/aromatic N) is 1. The van der Waals surface area contributed by atoms with Crippen LogP contribution in [0.5, 0.6) is 0 Å². The van der Waals surface area contributed by atoms with Crippen LogP contribution in [0.4, 0.5) is 19.3 Å². The van der Waals surface area contributed by atoms with E-state index in [1.807, 2.05) is 0 Å². The third kappa shape index (κ3) is 3.41. The first-order valence-corrected chi connectivity index (χ1v) is 5.26.